The molecular formula is C14H22N2O2. The summed E-state index contributed by atoms with van der Waals surface area (Å²) in [6.45, 7) is 4.10. The van der Waals surface area contributed by atoms with Crippen LogP contribution in [0, 0.1) is 6.92 Å². The van der Waals surface area contributed by atoms with Crippen LogP contribution in [0.1, 0.15) is 24.7 Å². The van der Waals surface area contributed by atoms with E-state index in [4.69, 9.17) is 9.47 Å². The van der Waals surface area contributed by atoms with Crippen LogP contribution in [0.5, 0.6) is 5.75 Å². The lowest BCUT2D eigenvalue weighted by atomic mass is 9.85. The molecule has 0 aromatic carbocycles. The summed E-state index contributed by atoms with van der Waals surface area (Å²) < 4.78 is 11.5. The van der Waals surface area contributed by atoms with Gasteiger partial charge in [0.1, 0.15) is 18.0 Å². The number of hydrogen-bond donors (Lipinski definition) is 1. The van der Waals surface area contributed by atoms with Gasteiger partial charge in [0.25, 0.3) is 0 Å². The Morgan fingerprint density at radius 2 is 2.22 bits per heavy atom. The minimum atomic E-state index is 0.126. The van der Waals surface area contributed by atoms with Crippen molar-refractivity contribution >= 4 is 0 Å². The van der Waals surface area contributed by atoms with E-state index in [-0.39, 0.29) is 12.2 Å². The minimum absolute atomic E-state index is 0.126. The van der Waals surface area contributed by atoms with Crippen molar-refractivity contribution in [3.05, 3.63) is 23.5 Å². The molecule has 1 aromatic heterocycles. The van der Waals surface area contributed by atoms with E-state index in [1.165, 1.54) is 0 Å². The Hall–Kier alpha value is -1.13. The summed E-state index contributed by atoms with van der Waals surface area (Å²) in [6.07, 6.45) is 2.12. The van der Waals surface area contributed by atoms with Crippen LogP contribution in [0.25, 0.3) is 0 Å². The molecule has 1 heterocycles. The predicted molar refractivity (Wildman–Crippen MR) is 71.0 cm³/mol. The van der Waals surface area contributed by atoms with Gasteiger partial charge in [-0.3, -0.25) is 4.98 Å². The van der Waals surface area contributed by atoms with Crippen LogP contribution in [0.15, 0.2) is 12.1 Å². The molecule has 4 nitrogen and oxygen atoms in total. The highest BCUT2D eigenvalue weighted by molar-refractivity contribution is 5.30. The molecule has 0 bridgehead atoms. The number of nitrogens with zero attached hydrogens (tertiary/aromatic N) is 1. The van der Waals surface area contributed by atoms with Gasteiger partial charge >= 0.3 is 0 Å². The average Bonchev–Trinajstić information content (AvgIpc) is 2.35. The molecule has 100 valence electrons. The lowest BCUT2D eigenvalue weighted by Crippen LogP contribution is -2.60. The fraction of sp³-hybridized carbons (Fsp3) is 0.643. The topological polar surface area (TPSA) is 43.4 Å². The Balaban J connectivity index is 2.06. The smallest absolute Gasteiger partial charge is 0.141 e. The number of ether oxygens (including phenoxy) is 2. The molecule has 2 rings (SSSR count). The SMILES string of the molecule is CCc1nc(C)ccc1OC1CC(NC)C1OC. The van der Waals surface area contributed by atoms with Crippen molar-refractivity contribution in [3.63, 3.8) is 0 Å². The van der Waals surface area contributed by atoms with Crippen molar-refractivity contribution in [3.8, 4) is 5.75 Å². The van der Waals surface area contributed by atoms with Crippen molar-refractivity contribution in [1.29, 1.82) is 0 Å². The third-order valence-electron chi connectivity index (χ3n) is 3.58. The van der Waals surface area contributed by atoms with Crippen molar-refractivity contribution in [2.75, 3.05) is 14.2 Å². The fourth-order valence-electron chi connectivity index (χ4n) is 2.42. The maximum atomic E-state index is 6.04. The van der Waals surface area contributed by atoms with Crippen LogP contribution in [0.3, 0.4) is 0 Å². The summed E-state index contributed by atoms with van der Waals surface area (Å²) in [4.78, 5) is 4.51. The lowest BCUT2D eigenvalue weighted by Gasteiger charge is -2.43. The van der Waals surface area contributed by atoms with Gasteiger partial charge in [-0.25, -0.2) is 0 Å². The molecular weight excluding hydrogens is 228 g/mol. The maximum Gasteiger partial charge on any atom is 0.141 e. The van der Waals surface area contributed by atoms with Crippen molar-refractivity contribution < 1.29 is 9.47 Å². The zero-order chi connectivity index (χ0) is 13.1. The lowest BCUT2D eigenvalue weighted by molar-refractivity contribution is -0.0873. The van der Waals surface area contributed by atoms with E-state index < -0.39 is 0 Å². The van der Waals surface area contributed by atoms with Crippen molar-refractivity contribution in [2.24, 2.45) is 0 Å². The number of methoxy groups -OCH3 is 1. The molecule has 1 aliphatic rings. The number of nitrogens with one attached hydrogen (secondary N) is 1. The van der Waals surface area contributed by atoms with Crippen molar-refractivity contribution in [1.82, 2.24) is 10.3 Å². The van der Waals surface area contributed by atoms with Crippen LogP contribution in [-0.2, 0) is 11.2 Å². The van der Waals surface area contributed by atoms with Crippen LogP contribution >= 0.6 is 0 Å². The van der Waals surface area contributed by atoms with Crippen LogP contribution in [0.2, 0.25) is 0 Å². The van der Waals surface area contributed by atoms with Gasteiger partial charge in [-0.15, -0.1) is 0 Å². The highest BCUT2D eigenvalue weighted by atomic mass is 16.5. The number of hydrogen-bond acceptors (Lipinski definition) is 4. The number of pyridine rings is 1. The van der Waals surface area contributed by atoms with E-state index in [1.54, 1.807) is 7.11 Å². The first kappa shape index (κ1) is 13.3. The molecule has 1 N–H and O–H groups in total. The second-order valence-electron chi connectivity index (χ2n) is 4.74. The number of aryl methyl sites for hydroxylation is 2. The molecule has 3 atom stereocenters. The Morgan fingerprint density at radius 1 is 1.44 bits per heavy atom. The Bertz CT molecular complexity index is 409. The molecule has 18 heavy (non-hydrogen) atoms. The summed E-state index contributed by atoms with van der Waals surface area (Å²) in [5.41, 5.74) is 2.06. The molecule has 0 spiro atoms. The molecule has 0 aliphatic heterocycles. The van der Waals surface area contributed by atoms with Crippen LogP contribution in [0.4, 0.5) is 0 Å². The number of rotatable bonds is 5. The van der Waals surface area contributed by atoms with Gasteiger partial charge in [-0.2, -0.15) is 0 Å². The monoisotopic (exact) mass is 250 g/mol. The zero-order valence-corrected chi connectivity index (χ0v) is 11.6. The molecule has 3 unspecified atom stereocenters. The molecule has 1 aromatic rings. The van der Waals surface area contributed by atoms with E-state index in [0.29, 0.717) is 6.04 Å². The van der Waals surface area contributed by atoms with E-state index in [0.717, 1.165) is 30.0 Å². The van der Waals surface area contributed by atoms with E-state index in [2.05, 4.69) is 17.2 Å². The molecule has 4 heteroatoms. The van der Waals surface area contributed by atoms with Gasteiger partial charge in [0.05, 0.1) is 5.69 Å². The zero-order valence-electron chi connectivity index (χ0n) is 11.6. The highest BCUT2D eigenvalue weighted by Gasteiger charge is 2.42. The van der Waals surface area contributed by atoms with Crippen LogP contribution in [-0.4, -0.2) is 37.4 Å². The van der Waals surface area contributed by atoms with Gasteiger partial charge in [-0.1, -0.05) is 6.92 Å². The van der Waals surface area contributed by atoms with Gasteiger partial charge in [-0.05, 0) is 32.5 Å². The molecule has 0 amide bonds. The summed E-state index contributed by atoms with van der Waals surface area (Å²) in [5, 5.41) is 3.24. The largest absolute Gasteiger partial charge is 0.486 e. The highest BCUT2D eigenvalue weighted by Crippen LogP contribution is 2.30. The predicted octanol–water partition coefficient (Wildman–Crippen LogP) is 1.71. The average molecular weight is 250 g/mol. The van der Waals surface area contributed by atoms with Crippen LogP contribution < -0.4 is 10.1 Å². The third-order valence-corrected chi connectivity index (χ3v) is 3.58. The van der Waals surface area contributed by atoms with E-state index in [1.807, 2.05) is 26.1 Å². The second kappa shape index (κ2) is 5.67. The Kier molecular flexibility index (Phi) is 4.19. The first-order chi connectivity index (χ1) is 8.69. The quantitative estimate of drug-likeness (QED) is 0.864. The van der Waals surface area contributed by atoms with Crippen molar-refractivity contribution in [2.45, 2.75) is 44.9 Å². The number of likely N-dealkylation sites (N-methyl/N-ethyl adjacent to an activating group) is 1. The first-order valence-electron chi connectivity index (χ1n) is 6.52. The van der Waals surface area contributed by atoms with E-state index in [9.17, 15) is 0 Å². The Labute approximate surface area is 109 Å². The minimum Gasteiger partial charge on any atom is -0.486 e. The molecule has 1 aliphatic carbocycles. The standard InChI is InChI=1S/C14H22N2O2/c1-5-10-12(7-6-9(2)16-10)18-13-8-11(15-3)14(13)17-4/h6-7,11,13-15H,5,8H2,1-4H3. The third kappa shape index (κ3) is 2.49. The summed E-state index contributed by atoms with van der Waals surface area (Å²) in [7, 11) is 3.69. The maximum absolute atomic E-state index is 6.04. The fourth-order valence-corrected chi connectivity index (χ4v) is 2.42. The summed E-state index contributed by atoms with van der Waals surface area (Å²) in [5.74, 6) is 0.893. The van der Waals surface area contributed by atoms with E-state index >= 15 is 0 Å². The van der Waals surface area contributed by atoms with Gasteiger partial charge in [0.2, 0.25) is 0 Å². The van der Waals surface area contributed by atoms with Gasteiger partial charge in [0.15, 0.2) is 0 Å². The first-order valence-corrected chi connectivity index (χ1v) is 6.52. The second-order valence-corrected chi connectivity index (χ2v) is 4.74. The molecule has 0 saturated heterocycles. The van der Waals surface area contributed by atoms with Gasteiger partial charge in [0, 0.05) is 25.3 Å². The summed E-state index contributed by atoms with van der Waals surface area (Å²) >= 11 is 0. The molecule has 1 saturated carbocycles. The molecule has 1 fully saturated rings. The summed E-state index contributed by atoms with van der Waals surface area (Å²) in [6, 6.07) is 4.40. The normalized spacial score (nSPS) is 26.8. The molecule has 0 radical (unpaired) electrons. The van der Waals surface area contributed by atoms with Gasteiger partial charge < -0.3 is 14.8 Å². The Morgan fingerprint density at radius 3 is 2.83 bits per heavy atom. The number of aromatic nitrogens is 1.